The number of carboxylic acid groups (broad SMARTS) is 1. The highest BCUT2D eigenvalue weighted by atomic mass is 16.5. The van der Waals surface area contributed by atoms with Crippen molar-refractivity contribution in [3.8, 4) is 0 Å². The zero-order chi connectivity index (χ0) is 15.6. The van der Waals surface area contributed by atoms with Crippen LogP contribution in [0.5, 0.6) is 0 Å². The lowest BCUT2D eigenvalue weighted by molar-refractivity contribution is -0.170. The maximum Gasteiger partial charge on any atom is 0.323 e. The van der Waals surface area contributed by atoms with Crippen LogP contribution in [0.1, 0.15) is 59.3 Å². The van der Waals surface area contributed by atoms with Crippen LogP contribution in [0.15, 0.2) is 12.7 Å². The highest BCUT2D eigenvalue weighted by molar-refractivity contribution is 5.99. The normalized spacial score (nSPS) is 13.8. The van der Waals surface area contributed by atoms with Gasteiger partial charge in [0, 0.05) is 0 Å². The third kappa shape index (κ3) is 5.76. The molecule has 0 spiro atoms. The highest BCUT2D eigenvalue weighted by Gasteiger charge is 2.47. The van der Waals surface area contributed by atoms with Gasteiger partial charge in [-0.05, 0) is 38.5 Å². The topological polar surface area (TPSA) is 63.6 Å². The van der Waals surface area contributed by atoms with Gasteiger partial charge in [-0.3, -0.25) is 9.59 Å². The summed E-state index contributed by atoms with van der Waals surface area (Å²) in [5.41, 5.74) is -1.39. The largest absolute Gasteiger partial charge is 0.480 e. The molecule has 20 heavy (non-hydrogen) atoms. The minimum absolute atomic E-state index is 0.128. The van der Waals surface area contributed by atoms with Gasteiger partial charge in [0.05, 0.1) is 6.61 Å². The summed E-state index contributed by atoms with van der Waals surface area (Å²) >= 11 is 0. The first-order valence-corrected chi connectivity index (χ1v) is 7.42. The number of carboxylic acids is 1. The number of aliphatic carboxylic acids is 1. The van der Waals surface area contributed by atoms with E-state index in [9.17, 15) is 14.7 Å². The van der Waals surface area contributed by atoms with Crippen LogP contribution in [0.25, 0.3) is 0 Å². The minimum atomic E-state index is -1.39. The molecule has 1 atom stereocenters. The maximum atomic E-state index is 12.1. The van der Waals surface area contributed by atoms with E-state index >= 15 is 0 Å². The van der Waals surface area contributed by atoms with E-state index in [0.29, 0.717) is 19.3 Å². The maximum absolute atomic E-state index is 12.1. The number of hydrogen-bond donors (Lipinski definition) is 1. The Morgan fingerprint density at radius 2 is 1.95 bits per heavy atom. The molecular weight excluding hydrogens is 256 g/mol. The summed E-state index contributed by atoms with van der Waals surface area (Å²) in [5.74, 6) is -1.53. The smallest absolute Gasteiger partial charge is 0.323 e. The summed E-state index contributed by atoms with van der Waals surface area (Å²) in [6.07, 6.45) is 6.03. The number of unbranched alkanes of at least 4 members (excludes halogenated alkanes) is 3. The SMILES string of the molecule is C=CCCCCCC(CC(C)C)(C(=O)O)C(=O)OCC. The lowest BCUT2D eigenvalue weighted by Gasteiger charge is -2.28. The second kappa shape index (κ2) is 9.56. The number of esters is 1. The van der Waals surface area contributed by atoms with Crippen molar-refractivity contribution in [2.24, 2.45) is 11.3 Å². The number of rotatable bonds is 11. The molecule has 0 aromatic carbocycles. The Bertz CT molecular complexity index is 322. The lowest BCUT2D eigenvalue weighted by Crippen LogP contribution is -2.42. The van der Waals surface area contributed by atoms with E-state index in [-0.39, 0.29) is 12.5 Å². The van der Waals surface area contributed by atoms with Gasteiger partial charge in [0.15, 0.2) is 5.41 Å². The van der Waals surface area contributed by atoms with Crippen LogP contribution in [0, 0.1) is 11.3 Å². The molecule has 0 fully saturated rings. The lowest BCUT2D eigenvalue weighted by atomic mass is 9.76. The summed E-state index contributed by atoms with van der Waals surface area (Å²) < 4.78 is 5.01. The standard InChI is InChI=1S/C16H28O4/c1-5-7-8-9-10-11-16(14(17)18,12-13(3)4)15(19)20-6-2/h5,13H,1,6-12H2,2-4H3,(H,17,18). The van der Waals surface area contributed by atoms with Crippen LogP contribution in [0.3, 0.4) is 0 Å². The molecular formula is C16H28O4. The van der Waals surface area contributed by atoms with Gasteiger partial charge in [-0.1, -0.05) is 32.8 Å². The Balaban J connectivity index is 4.85. The fraction of sp³-hybridized carbons (Fsp3) is 0.750. The molecule has 0 heterocycles. The van der Waals surface area contributed by atoms with E-state index < -0.39 is 17.4 Å². The van der Waals surface area contributed by atoms with Crippen molar-refractivity contribution in [3.05, 3.63) is 12.7 Å². The van der Waals surface area contributed by atoms with Crippen molar-refractivity contribution >= 4 is 11.9 Å². The first kappa shape index (κ1) is 18.7. The fourth-order valence-corrected chi connectivity index (χ4v) is 2.43. The van der Waals surface area contributed by atoms with E-state index in [2.05, 4.69) is 6.58 Å². The Morgan fingerprint density at radius 3 is 2.40 bits per heavy atom. The van der Waals surface area contributed by atoms with Crippen molar-refractivity contribution in [3.63, 3.8) is 0 Å². The predicted molar refractivity (Wildman–Crippen MR) is 79.4 cm³/mol. The molecule has 0 rings (SSSR count). The molecule has 0 aliphatic heterocycles. The van der Waals surface area contributed by atoms with Gasteiger partial charge in [-0.25, -0.2) is 0 Å². The number of ether oxygens (including phenoxy) is 1. The molecule has 0 saturated carbocycles. The number of allylic oxidation sites excluding steroid dienone is 1. The van der Waals surface area contributed by atoms with Gasteiger partial charge in [-0.15, -0.1) is 6.58 Å². The Labute approximate surface area is 122 Å². The minimum Gasteiger partial charge on any atom is -0.480 e. The summed E-state index contributed by atoms with van der Waals surface area (Å²) in [7, 11) is 0. The molecule has 0 bridgehead atoms. The molecule has 0 aromatic rings. The van der Waals surface area contributed by atoms with Crippen LogP contribution in [0.4, 0.5) is 0 Å². The Hall–Kier alpha value is -1.32. The van der Waals surface area contributed by atoms with Crippen LogP contribution in [-0.2, 0) is 14.3 Å². The number of hydrogen-bond acceptors (Lipinski definition) is 3. The molecule has 0 aliphatic rings. The molecule has 1 N–H and O–H groups in total. The molecule has 0 amide bonds. The molecule has 1 unspecified atom stereocenters. The van der Waals surface area contributed by atoms with Crippen molar-refractivity contribution < 1.29 is 19.4 Å². The molecule has 116 valence electrons. The monoisotopic (exact) mass is 284 g/mol. The quantitative estimate of drug-likeness (QED) is 0.271. The zero-order valence-corrected chi connectivity index (χ0v) is 13.0. The number of carbonyl (C=O) groups is 2. The van der Waals surface area contributed by atoms with Crippen LogP contribution in [0.2, 0.25) is 0 Å². The van der Waals surface area contributed by atoms with Crippen molar-refractivity contribution in [2.75, 3.05) is 6.61 Å². The van der Waals surface area contributed by atoms with Gasteiger partial charge in [0.1, 0.15) is 0 Å². The molecule has 0 aliphatic carbocycles. The van der Waals surface area contributed by atoms with Gasteiger partial charge < -0.3 is 9.84 Å². The van der Waals surface area contributed by atoms with Crippen molar-refractivity contribution in [2.45, 2.75) is 59.3 Å². The van der Waals surface area contributed by atoms with Crippen LogP contribution >= 0.6 is 0 Å². The molecule has 0 radical (unpaired) electrons. The number of carbonyl (C=O) groups excluding carboxylic acids is 1. The van der Waals surface area contributed by atoms with E-state index in [1.165, 1.54) is 0 Å². The summed E-state index contributed by atoms with van der Waals surface area (Å²) in [6.45, 7) is 9.42. The Morgan fingerprint density at radius 1 is 1.30 bits per heavy atom. The second-order valence-corrected chi connectivity index (χ2v) is 5.59. The van der Waals surface area contributed by atoms with Crippen molar-refractivity contribution in [1.29, 1.82) is 0 Å². The molecule has 4 nitrogen and oxygen atoms in total. The molecule has 4 heteroatoms. The van der Waals surface area contributed by atoms with E-state index in [0.717, 1.165) is 19.3 Å². The van der Waals surface area contributed by atoms with Crippen LogP contribution < -0.4 is 0 Å². The van der Waals surface area contributed by atoms with Gasteiger partial charge in [0.25, 0.3) is 0 Å². The third-order valence-corrected chi connectivity index (χ3v) is 3.34. The van der Waals surface area contributed by atoms with Crippen molar-refractivity contribution in [1.82, 2.24) is 0 Å². The summed E-state index contributed by atoms with van der Waals surface area (Å²) in [5, 5.41) is 9.56. The Kier molecular flexibility index (Phi) is 8.93. The average molecular weight is 284 g/mol. The zero-order valence-electron chi connectivity index (χ0n) is 13.0. The first-order chi connectivity index (χ1) is 9.40. The summed E-state index contributed by atoms with van der Waals surface area (Å²) in [4.78, 5) is 23.8. The second-order valence-electron chi connectivity index (χ2n) is 5.59. The highest BCUT2D eigenvalue weighted by Crippen LogP contribution is 2.35. The first-order valence-electron chi connectivity index (χ1n) is 7.42. The average Bonchev–Trinajstić information content (AvgIpc) is 2.36. The molecule has 0 aromatic heterocycles. The van der Waals surface area contributed by atoms with Gasteiger partial charge >= 0.3 is 11.9 Å². The van der Waals surface area contributed by atoms with Gasteiger partial charge in [-0.2, -0.15) is 0 Å². The fourth-order valence-electron chi connectivity index (χ4n) is 2.43. The van der Waals surface area contributed by atoms with E-state index in [1.807, 2.05) is 19.9 Å². The molecule has 0 saturated heterocycles. The van der Waals surface area contributed by atoms with E-state index in [1.54, 1.807) is 6.92 Å². The van der Waals surface area contributed by atoms with Crippen LogP contribution in [-0.4, -0.2) is 23.7 Å². The van der Waals surface area contributed by atoms with E-state index in [4.69, 9.17) is 4.74 Å². The predicted octanol–water partition coefficient (Wildman–Crippen LogP) is 3.80. The van der Waals surface area contributed by atoms with Gasteiger partial charge in [0.2, 0.25) is 0 Å². The third-order valence-electron chi connectivity index (χ3n) is 3.34. The summed E-state index contributed by atoms with van der Waals surface area (Å²) in [6, 6.07) is 0.